The highest BCUT2D eigenvalue weighted by molar-refractivity contribution is 7.99. The van der Waals surface area contributed by atoms with Crippen LogP contribution in [-0.4, -0.2) is 12.3 Å². The van der Waals surface area contributed by atoms with Crippen molar-refractivity contribution in [1.82, 2.24) is 0 Å². The van der Waals surface area contributed by atoms with Gasteiger partial charge in [-0.1, -0.05) is 42.1 Å². The standard InChI is InChI=1S/C16H17NS/c1-3-17-13(2)14-9-11-16(12-10-14)18-15-7-5-4-6-8-15/h4-12H,3H2,1-2H3. The van der Waals surface area contributed by atoms with Crippen LogP contribution in [0.3, 0.4) is 0 Å². The van der Waals surface area contributed by atoms with Crippen molar-refractivity contribution < 1.29 is 0 Å². The van der Waals surface area contributed by atoms with Crippen molar-refractivity contribution in [2.45, 2.75) is 23.6 Å². The number of benzene rings is 2. The van der Waals surface area contributed by atoms with Gasteiger partial charge in [0, 0.05) is 22.0 Å². The fourth-order valence-corrected chi connectivity index (χ4v) is 2.55. The third kappa shape index (κ3) is 3.47. The first kappa shape index (κ1) is 12.9. The predicted molar refractivity (Wildman–Crippen MR) is 79.8 cm³/mol. The van der Waals surface area contributed by atoms with Crippen LogP contribution in [0.4, 0.5) is 0 Å². The molecule has 18 heavy (non-hydrogen) atoms. The Morgan fingerprint density at radius 1 is 0.944 bits per heavy atom. The van der Waals surface area contributed by atoms with E-state index in [0.29, 0.717) is 0 Å². The molecule has 0 atom stereocenters. The van der Waals surface area contributed by atoms with Gasteiger partial charge in [-0.15, -0.1) is 0 Å². The second kappa shape index (κ2) is 6.41. The van der Waals surface area contributed by atoms with Crippen LogP contribution in [0, 0.1) is 0 Å². The van der Waals surface area contributed by atoms with Crippen LogP contribution in [0.25, 0.3) is 0 Å². The van der Waals surface area contributed by atoms with Gasteiger partial charge in [-0.2, -0.15) is 0 Å². The molecule has 0 saturated carbocycles. The molecular weight excluding hydrogens is 238 g/mol. The number of aliphatic imine (C=N–C) groups is 1. The van der Waals surface area contributed by atoms with Crippen molar-refractivity contribution in [3.05, 3.63) is 60.2 Å². The van der Waals surface area contributed by atoms with Gasteiger partial charge in [-0.05, 0) is 43.7 Å². The molecule has 2 heteroatoms. The molecule has 0 saturated heterocycles. The van der Waals surface area contributed by atoms with Gasteiger partial charge in [-0.3, -0.25) is 4.99 Å². The molecule has 0 aromatic heterocycles. The Balaban J connectivity index is 2.11. The molecule has 0 N–H and O–H groups in total. The molecule has 0 heterocycles. The zero-order valence-electron chi connectivity index (χ0n) is 10.8. The largest absolute Gasteiger partial charge is 0.290 e. The topological polar surface area (TPSA) is 12.4 Å². The first-order chi connectivity index (χ1) is 8.79. The summed E-state index contributed by atoms with van der Waals surface area (Å²) in [5.74, 6) is 0. The summed E-state index contributed by atoms with van der Waals surface area (Å²) in [6.45, 7) is 4.96. The third-order valence-electron chi connectivity index (χ3n) is 2.65. The predicted octanol–water partition coefficient (Wildman–Crippen LogP) is 4.67. The van der Waals surface area contributed by atoms with Crippen molar-refractivity contribution in [3.63, 3.8) is 0 Å². The Labute approximate surface area is 113 Å². The quantitative estimate of drug-likeness (QED) is 0.723. The Hall–Kier alpha value is -1.54. The van der Waals surface area contributed by atoms with Crippen LogP contribution < -0.4 is 0 Å². The minimum absolute atomic E-state index is 0.840. The van der Waals surface area contributed by atoms with Crippen molar-refractivity contribution in [1.29, 1.82) is 0 Å². The molecule has 0 aliphatic rings. The zero-order valence-corrected chi connectivity index (χ0v) is 11.6. The van der Waals surface area contributed by atoms with Gasteiger partial charge in [0.1, 0.15) is 0 Å². The summed E-state index contributed by atoms with van der Waals surface area (Å²) in [7, 11) is 0. The summed E-state index contributed by atoms with van der Waals surface area (Å²) < 4.78 is 0. The Morgan fingerprint density at radius 2 is 1.56 bits per heavy atom. The summed E-state index contributed by atoms with van der Waals surface area (Å²) >= 11 is 1.78. The molecule has 0 amide bonds. The lowest BCUT2D eigenvalue weighted by molar-refractivity contribution is 1.12. The van der Waals surface area contributed by atoms with Gasteiger partial charge < -0.3 is 0 Å². The average molecular weight is 255 g/mol. The average Bonchev–Trinajstić information content (AvgIpc) is 2.41. The van der Waals surface area contributed by atoms with E-state index in [4.69, 9.17) is 0 Å². The molecular formula is C16H17NS. The summed E-state index contributed by atoms with van der Waals surface area (Å²) in [5, 5.41) is 0. The van der Waals surface area contributed by atoms with Crippen LogP contribution in [-0.2, 0) is 0 Å². The van der Waals surface area contributed by atoms with E-state index in [1.165, 1.54) is 15.4 Å². The van der Waals surface area contributed by atoms with Crippen molar-refractivity contribution in [2.24, 2.45) is 4.99 Å². The number of hydrogen-bond acceptors (Lipinski definition) is 2. The highest BCUT2D eigenvalue weighted by Gasteiger charge is 1.99. The van der Waals surface area contributed by atoms with Gasteiger partial charge >= 0.3 is 0 Å². The summed E-state index contributed by atoms with van der Waals surface area (Å²) in [6.07, 6.45) is 0. The van der Waals surface area contributed by atoms with E-state index in [9.17, 15) is 0 Å². The van der Waals surface area contributed by atoms with E-state index in [-0.39, 0.29) is 0 Å². The minimum atomic E-state index is 0.840. The van der Waals surface area contributed by atoms with Crippen LogP contribution in [0.2, 0.25) is 0 Å². The van der Waals surface area contributed by atoms with Gasteiger partial charge in [0.25, 0.3) is 0 Å². The lowest BCUT2D eigenvalue weighted by atomic mass is 10.1. The number of rotatable bonds is 4. The molecule has 2 aromatic rings. The second-order valence-electron chi connectivity index (χ2n) is 4.00. The summed E-state index contributed by atoms with van der Waals surface area (Å²) in [5.41, 5.74) is 2.31. The van der Waals surface area contributed by atoms with Crippen LogP contribution in [0.15, 0.2) is 69.4 Å². The van der Waals surface area contributed by atoms with Crippen molar-refractivity contribution in [2.75, 3.05) is 6.54 Å². The molecule has 1 nitrogen and oxygen atoms in total. The fraction of sp³-hybridized carbons (Fsp3) is 0.188. The van der Waals surface area contributed by atoms with Gasteiger partial charge in [0.15, 0.2) is 0 Å². The molecule has 0 bridgehead atoms. The van der Waals surface area contributed by atoms with Crippen LogP contribution in [0.5, 0.6) is 0 Å². The molecule has 0 spiro atoms. The van der Waals surface area contributed by atoms with Crippen molar-refractivity contribution in [3.8, 4) is 0 Å². The smallest absolute Gasteiger partial charge is 0.0389 e. The lowest BCUT2D eigenvalue weighted by Crippen LogP contribution is -1.94. The maximum absolute atomic E-state index is 4.42. The van der Waals surface area contributed by atoms with E-state index in [1.807, 2.05) is 6.07 Å². The Morgan fingerprint density at radius 3 is 2.17 bits per heavy atom. The van der Waals surface area contributed by atoms with Crippen LogP contribution in [0.1, 0.15) is 19.4 Å². The number of hydrogen-bond donors (Lipinski definition) is 0. The molecule has 2 rings (SSSR count). The van der Waals surface area contributed by atoms with Gasteiger partial charge in [-0.25, -0.2) is 0 Å². The number of nitrogens with zero attached hydrogens (tertiary/aromatic N) is 1. The third-order valence-corrected chi connectivity index (χ3v) is 3.66. The summed E-state index contributed by atoms with van der Waals surface area (Å²) in [6, 6.07) is 19.0. The molecule has 0 unspecified atom stereocenters. The van der Waals surface area contributed by atoms with E-state index in [0.717, 1.165) is 12.3 Å². The molecule has 0 aliphatic heterocycles. The van der Waals surface area contributed by atoms with E-state index >= 15 is 0 Å². The minimum Gasteiger partial charge on any atom is -0.290 e. The molecule has 0 radical (unpaired) electrons. The van der Waals surface area contributed by atoms with Crippen molar-refractivity contribution >= 4 is 17.5 Å². The zero-order chi connectivity index (χ0) is 12.8. The second-order valence-corrected chi connectivity index (χ2v) is 5.15. The summed E-state index contributed by atoms with van der Waals surface area (Å²) in [4.78, 5) is 6.94. The first-order valence-electron chi connectivity index (χ1n) is 6.14. The highest BCUT2D eigenvalue weighted by atomic mass is 32.2. The van der Waals surface area contributed by atoms with E-state index in [1.54, 1.807) is 11.8 Å². The maximum Gasteiger partial charge on any atom is 0.0389 e. The van der Waals surface area contributed by atoms with E-state index in [2.05, 4.69) is 67.4 Å². The lowest BCUT2D eigenvalue weighted by Gasteiger charge is -2.04. The SMILES string of the molecule is CCN=C(C)c1ccc(Sc2ccccc2)cc1. The van der Waals surface area contributed by atoms with Gasteiger partial charge in [0.05, 0.1) is 0 Å². The fourth-order valence-electron chi connectivity index (χ4n) is 1.72. The molecule has 0 aliphatic carbocycles. The maximum atomic E-state index is 4.42. The van der Waals surface area contributed by atoms with Gasteiger partial charge in [0.2, 0.25) is 0 Å². The monoisotopic (exact) mass is 255 g/mol. The molecule has 0 fully saturated rings. The Kier molecular flexibility index (Phi) is 4.59. The highest BCUT2D eigenvalue weighted by Crippen LogP contribution is 2.27. The normalized spacial score (nSPS) is 11.6. The van der Waals surface area contributed by atoms with Crippen LogP contribution >= 0.6 is 11.8 Å². The molecule has 92 valence electrons. The first-order valence-corrected chi connectivity index (χ1v) is 6.95. The van der Waals surface area contributed by atoms with E-state index < -0.39 is 0 Å². The Bertz CT molecular complexity index is 515. The molecule has 2 aromatic carbocycles.